The van der Waals surface area contributed by atoms with Crippen LogP contribution in [-0.2, 0) is 10.2 Å². The zero-order valence-corrected chi connectivity index (χ0v) is 22.3. The van der Waals surface area contributed by atoms with Gasteiger partial charge in [0.2, 0.25) is 0 Å². The van der Waals surface area contributed by atoms with Crippen LogP contribution in [0.2, 0.25) is 0 Å². The second-order valence-corrected chi connectivity index (χ2v) is 10.6. The second-order valence-electron chi connectivity index (χ2n) is 10.6. The van der Waals surface area contributed by atoms with Gasteiger partial charge in [-0.3, -0.25) is 9.98 Å². The van der Waals surface area contributed by atoms with Crippen molar-refractivity contribution in [3.63, 3.8) is 0 Å². The molecule has 2 aromatic rings. The Kier molecular flexibility index (Phi) is 8.38. The minimum atomic E-state index is -0.551. The van der Waals surface area contributed by atoms with E-state index in [-0.39, 0.29) is 12.0 Å². The molecule has 2 N–H and O–H groups in total. The van der Waals surface area contributed by atoms with Gasteiger partial charge in [0.1, 0.15) is 0 Å². The zero-order chi connectivity index (χ0) is 26.4. The van der Waals surface area contributed by atoms with Gasteiger partial charge < -0.3 is 15.4 Å². The second kappa shape index (κ2) is 11.7. The predicted octanol–water partition coefficient (Wildman–Crippen LogP) is 5.56. The highest BCUT2D eigenvalue weighted by Gasteiger charge is 2.26. The normalized spacial score (nSPS) is 22.6. The first-order valence-corrected chi connectivity index (χ1v) is 12.9. The van der Waals surface area contributed by atoms with E-state index in [2.05, 4.69) is 53.3 Å². The van der Waals surface area contributed by atoms with Crippen molar-refractivity contribution in [2.24, 2.45) is 27.6 Å². The summed E-state index contributed by atoms with van der Waals surface area (Å²) < 4.78 is 6.33. The Bertz CT molecular complexity index is 1270. The average molecular weight is 496 g/mol. The molecule has 0 aliphatic carbocycles. The summed E-state index contributed by atoms with van der Waals surface area (Å²) in [6, 6.07) is 16.8. The first-order valence-electron chi connectivity index (χ1n) is 12.9. The van der Waals surface area contributed by atoms with Crippen LogP contribution in [0.5, 0.6) is 0 Å². The number of aryl methyl sites for hydroxylation is 1. The minimum Gasteiger partial charge on any atom is -0.404 e. The first kappa shape index (κ1) is 26.5. The summed E-state index contributed by atoms with van der Waals surface area (Å²) in [5.41, 5.74) is 11.4. The molecule has 6 heteroatoms. The maximum Gasteiger partial charge on any atom is 0.0893 e. The molecule has 2 aliphatic heterocycles. The van der Waals surface area contributed by atoms with E-state index >= 15 is 0 Å². The lowest BCUT2D eigenvalue weighted by Gasteiger charge is -2.25. The molecule has 4 rings (SSSR count). The van der Waals surface area contributed by atoms with Crippen LogP contribution in [0.25, 0.3) is 11.1 Å². The fourth-order valence-electron chi connectivity index (χ4n) is 4.79. The number of hydrogen-bond acceptors (Lipinski definition) is 6. The molecule has 192 valence electrons. The lowest BCUT2D eigenvalue weighted by molar-refractivity contribution is 0.0481. The van der Waals surface area contributed by atoms with Crippen LogP contribution in [0.1, 0.15) is 31.4 Å². The number of nitrogens with zero attached hydrogens (tertiary/aromatic N) is 4. The molecule has 1 fully saturated rings. The van der Waals surface area contributed by atoms with E-state index in [1.807, 2.05) is 51.4 Å². The quantitative estimate of drug-likeness (QED) is 0.486. The molecule has 2 aliphatic rings. The molecule has 0 spiro atoms. The summed E-state index contributed by atoms with van der Waals surface area (Å²) in [5, 5.41) is 9.55. The molecule has 1 saturated heterocycles. The topological polar surface area (TPSA) is 87.0 Å². The van der Waals surface area contributed by atoms with Gasteiger partial charge in [-0.05, 0) is 98.9 Å². The summed E-state index contributed by atoms with van der Waals surface area (Å²) in [5.74, 6) is 0.464. The van der Waals surface area contributed by atoms with Gasteiger partial charge in [0.05, 0.1) is 35.8 Å². The molecular weight excluding hydrogens is 458 g/mol. The maximum absolute atomic E-state index is 9.55. The summed E-state index contributed by atoms with van der Waals surface area (Å²) in [6.45, 7) is 8.84. The maximum atomic E-state index is 9.55. The Morgan fingerprint density at radius 2 is 2.08 bits per heavy atom. The summed E-state index contributed by atoms with van der Waals surface area (Å²) in [7, 11) is 2.16. The molecule has 0 radical (unpaired) electrons. The van der Waals surface area contributed by atoms with Gasteiger partial charge in [-0.2, -0.15) is 5.26 Å². The molecule has 37 heavy (non-hydrogen) atoms. The summed E-state index contributed by atoms with van der Waals surface area (Å²) >= 11 is 0. The van der Waals surface area contributed by atoms with Gasteiger partial charge in [-0.1, -0.05) is 30.3 Å². The molecule has 0 saturated carbocycles. The summed E-state index contributed by atoms with van der Waals surface area (Å²) in [6.07, 6.45) is 10.2. The lowest BCUT2D eigenvalue weighted by Crippen LogP contribution is -2.30. The van der Waals surface area contributed by atoms with Crippen molar-refractivity contribution in [3.8, 4) is 17.2 Å². The highest BCUT2D eigenvalue weighted by Crippen LogP contribution is 2.31. The molecule has 0 aromatic heterocycles. The lowest BCUT2D eigenvalue weighted by atomic mass is 9.85. The van der Waals surface area contributed by atoms with E-state index in [0.717, 1.165) is 53.2 Å². The molecule has 0 amide bonds. The van der Waals surface area contributed by atoms with Crippen LogP contribution in [0, 0.1) is 30.1 Å². The highest BCUT2D eigenvalue weighted by molar-refractivity contribution is 5.89. The van der Waals surface area contributed by atoms with Crippen molar-refractivity contribution < 1.29 is 4.74 Å². The van der Waals surface area contributed by atoms with Crippen molar-refractivity contribution in [2.45, 2.75) is 38.7 Å². The van der Waals surface area contributed by atoms with E-state index in [4.69, 9.17) is 15.5 Å². The Morgan fingerprint density at radius 1 is 1.27 bits per heavy atom. The Balaban J connectivity index is 1.52. The minimum absolute atomic E-state index is 0.0914. The van der Waals surface area contributed by atoms with Crippen LogP contribution in [0.3, 0.4) is 0 Å². The number of ether oxygens (including phenoxy) is 1. The van der Waals surface area contributed by atoms with Crippen LogP contribution in [0.4, 0.5) is 5.69 Å². The zero-order valence-electron chi connectivity index (χ0n) is 22.3. The standard InChI is InChI=1S/C31H37N5O/c1-22-8-9-25(24-6-5-7-27(14-24)31(2,3)21-33)15-29(22)35-17-26(16-32)28-18-34-12-10-30(28)37-20-23-11-13-36(4)19-23/h5-10,12,14-18,23,28,30H,11,13,19-20,32H2,1-4H3. The third-order valence-corrected chi connectivity index (χ3v) is 7.31. The Morgan fingerprint density at radius 3 is 2.81 bits per heavy atom. The number of likely N-dealkylation sites (tertiary alicyclic amines) is 1. The van der Waals surface area contributed by atoms with E-state index in [9.17, 15) is 5.26 Å². The van der Waals surface area contributed by atoms with Gasteiger partial charge in [-0.15, -0.1) is 0 Å². The van der Waals surface area contributed by atoms with E-state index in [0.29, 0.717) is 5.92 Å². The van der Waals surface area contributed by atoms with Gasteiger partial charge in [0, 0.05) is 25.2 Å². The van der Waals surface area contributed by atoms with E-state index < -0.39 is 5.41 Å². The molecule has 6 nitrogen and oxygen atoms in total. The largest absolute Gasteiger partial charge is 0.404 e. The van der Waals surface area contributed by atoms with Crippen LogP contribution in [-0.4, -0.2) is 50.2 Å². The fourth-order valence-corrected chi connectivity index (χ4v) is 4.79. The van der Waals surface area contributed by atoms with Crippen molar-refractivity contribution in [1.29, 1.82) is 5.26 Å². The molecule has 2 aromatic carbocycles. The molecule has 2 heterocycles. The highest BCUT2D eigenvalue weighted by atomic mass is 16.5. The smallest absolute Gasteiger partial charge is 0.0893 e. The van der Waals surface area contributed by atoms with Gasteiger partial charge >= 0.3 is 0 Å². The first-order chi connectivity index (χ1) is 17.8. The third-order valence-electron chi connectivity index (χ3n) is 7.31. The fraction of sp³-hybridized carbons (Fsp3) is 0.387. The van der Waals surface area contributed by atoms with Gasteiger partial charge in [0.15, 0.2) is 0 Å². The number of nitrogens with two attached hydrogens (primary N) is 1. The van der Waals surface area contributed by atoms with Crippen LogP contribution in [0.15, 0.2) is 76.5 Å². The van der Waals surface area contributed by atoms with E-state index in [1.54, 1.807) is 12.4 Å². The van der Waals surface area contributed by atoms with E-state index in [1.165, 1.54) is 6.42 Å². The number of hydrogen-bond donors (Lipinski definition) is 1. The Hall–Kier alpha value is -3.53. The average Bonchev–Trinajstić information content (AvgIpc) is 3.34. The van der Waals surface area contributed by atoms with Gasteiger partial charge in [0.25, 0.3) is 0 Å². The predicted molar refractivity (Wildman–Crippen MR) is 152 cm³/mol. The van der Waals surface area contributed by atoms with Crippen molar-refractivity contribution in [2.75, 3.05) is 26.7 Å². The van der Waals surface area contributed by atoms with Crippen LogP contribution < -0.4 is 5.73 Å². The van der Waals surface area contributed by atoms with Crippen LogP contribution >= 0.6 is 0 Å². The van der Waals surface area contributed by atoms with Gasteiger partial charge in [-0.25, -0.2) is 0 Å². The SMILES string of the molecule is Cc1ccc(-c2cccc(C(C)(C)C#N)c2)cc1N=CC(=CN)C1C=NC=CC1OCC1CCN(C)C1. The molecular formula is C31H37N5O. The molecule has 0 bridgehead atoms. The molecule has 3 atom stereocenters. The number of rotatable bonds is 8. The summed E-state index contributed by atoms with van der Waals surface area (Å²) in [4.78, 5) is 11.5. The third kappa shape index (κ3) is 6.43. The monoisotopic (exact) mass is 495 g/mol. The Labute approximate surface area is 220 Å². The van der Waals surface area contributed by atoms with Crippen molar-refractivity contribution in [3.05, 3.63) is 77.6 Å². The molecule has 3 unspecified atom stereocenters. The van der Waals surface area contributed by atoms with Crippen molar-refractivity contribution >= 4 is 18.1 Å². The number of benzene rings is 2. The number of aliphatic imine (C=N–C) groups is 2. The van der Waals surface area contributed by atoms with Crippen molar-refractivity contribution in [1.82, 2.24) is 4.90 Å². The number of nitriles is 1.